The molecule has 1 saturated heterocycles. The van der Waals surface area contributed by atoms with Gasteiger partial charge >= 0.3 is 0 Å². The summed E-state index contributed by atoms with van der Waals surface area (Å²) in [6, 6.07) is 5.77. The van der Waals surface area contributed by atoms with Crippen LogP contribution in [0.2, 0.25) is 5.02 Å². The van der Waals surface area contributed by atoms with E-state index in [9.17, 15) is 5.11 Å². The molecule has 4 heteroatoms. The van der Waals surface area contributed by atoms with Crippen molar-refractivity contribution in [3.8, 4) is 5.75 Å². The van der Waals surface area contributed by atoms with E-state index in [-0.39, 0.29) is 12.2 Å². The standard InChI is InChI=1S/C16H22ClNO2/c1-2-10-5-13(3-4-14(10)17)20-16-7-12-9-18-8-11(12)6-15(16)19/h3-5,11-12,15-16,18-19H,2,6-9H2,1H3/t11-,12+,15+,16+/m0/s1. The monoisotopic (exact) mass is 295 g/mol. The summed E-state index contributed by atoms with van der Waals surface area (Å²) in [5.74, 6) is 2.07. The van der Waals surface area contributed by atoms with Crippen molar-refractivity contribution >= 4 is 11.6 Å². The van der Waals surface area contributed by atoms with Crippen molar-refractivity contribution in [2.24, 2.45) is 11.8 Å². The third kappa shape index (κ3) is 2.80. The third-order valence-corrected chi connectivity index (χ3v) is 5.04. The van der Waals surface area contributed by atoms with Crippen LogP contribution in [0, 0.1) is 11.8 Å². The largest absolute Gasteiger partial charge is 0.488 e. The van der Waals surface area contributed by atoms with E-state index in [2.05, 4.69) is 12.2 Å². The second kappa shape index (κ2) is 5.92. The fourth-order valence-corrected chi connectivity index (χ4v) is 3.70. The van der Waals surface area contributed by atoms with E-state index in [4.69, 9.17) is 16.3 Å². The molecule has 110 valence electrons. The van der Waals surface area contributed by atoms with Crippen molar-refractivity contribution in [3.05, 3.63) is 28.8 Å². The molecule has 0 radical (unpaired) electrons. The average molecular weight is 296 g/mol. The molecule has 2 aliphatic rings. The lowest BCUT2D eigenvalue weighted by atomic mass is 9.78. The van der Waals surface area contributed by atoms with Crippen molar-refractivity contribution in [2.45, 2.75) is 38.4 Å². The van der Waals surface area contributed by atoms with Crippen LogP contribution in [0.5, 0.6) is 5.75 Å². The van der Waals surface area contributed by atoms with Gasteiger partial charge in [0.05, 0.1) is 6.10 Å². The molecule has 3 nitrogen and oxygen atoms in total. The molecule has 1 aromatic rings. The molecule has 1 aliphatic heterocycles. The van der Waals surface area contributed by atoms with E-state index in [1.54, 1.807) is 0 Å². The number of fused-ring (bicyclic) bond motifs is 1. The summed E-state index contributed by atoms with van der Waals surface area (Å²) in [7, 11) is 0. The summed E-state index contributed by atoms with van der Waals surface area (Å²) >= 11 is 6.13. The van der Waals surface area contributed by atoms with Crippen molar-refractivity contribution in [3.63, 3.8) is 0 Å². The van der Waals surface area contributed by atoms with Gasteiger partial charge in [-0.3, -0.25) is 0 Å². The molecule has 4 atom stereocenters. The van der Waals surface area contributed by atoms with Gasteiger partial charge in [0.1, 0.15) is 11.9 Å². The first kappa shape index (κ1) is 14.2. The average Bonchev–Trinajstić information content (AvgIpc) is 2.88. The lowest BCUT2D eigenvalue weighted by Crippen LogP contribution is -2.42. The highest BCUT2D eigenvalue weighted by Gasteiger charge is 2.39. The van der Waals surface area contributed by atoms with Crippen molar-refractivity contribution < 1.29 is 9.84 Å². The van der Waals surface area contributed by atoms with E-state index < -0.39 is 0 Å². The topological polar surface area (TPSA) is 41.5 Å². The zero-order valence-electron chi connectivity index (χ0n) is 11.8. The third-order valence-electron chi connectivity index (χ3n) is 4.67. The lowest BCUT2D eigenvalue weighted by molar-refractivity contribution is -0.0231. The minimum Gasteiger partial charge on any atom is -0.488 e. The van der Waals surface area contributed by atoms with Gasteiger partial charge in [0.2, 0.25) is 0 Å². The van der Waals surface area contributed by atoms with Crippen LogP contribution < -0.4 is 10.1 Å². The van der Waals surface area contributed by atoms with E-state index in [0.717, 1.165) is 48.7 Å². The van der Waals surface area contributed by atoms with Crippen LogP contribution in [-0.4, -0.2) is 30.4 Å². The maximum atomic E-state index is 10.3. The van der Waals surface area contributed by atoms with E-state index >= 15 is 0 Å². The molecule has 0 spiro atoms. The quantitative estimate of drug-likeness (QED) is 0.901. The number of aryl methyl sites for hydroxylation is 1. The number of aliphatic hydroxyl groups is 1. The molecule has 1 aromatic carbocycles. The first-order valence-electron chi connectivity index (χ1n) is 7.51. The Kier molecular flexibility index (Phi) is 4.20. The summed E-state index contributed by atoms with van der Waals surface area (Å²) in [6.07, 6.45) is 2.20. The Bertz CT molecular complexity index is 480. The molecule has 1 aliphatic carbocycles. The first-order chi connectivity index (χ1) is 9.67. The van der Waals surface area contributed by atoms with Gasteiger partial charge in [0, 0.05) is 5.02 Å². The highest BCUT2D eigenvalue weighted by molar-refractivity contribution is 6.31. The molecule has 3 rings (SSSR count). The van der Waals surface area contributed by atoms with Crippen molar-refractivity contribution in [2.75, 3.05) is 13.1 Å². The van der Waals surface area contributed by atoms with Gasteiger partial charge in [-0.2, -0.15) is 0 Å². The minimum absolute atomic E-state index is 0.0953. The molecule has 2 fully saturated rings. The highest BCUT2D eigenvalue weighted by Crippen LogP contribution is 2.35. The molecule has 2 N–H and O–H groups in total. The predicted octanol–water partition coefficient (Wildman–Crippen LogP) is 2.64. The second-order valence-electron chi connectivity index (χ2n) is 5.98. The number of aliphatic hydroxyl groups excluding tert-OH is 1. The summed E-state index contributed by atoms with van der Waals surface area (Å²) in [6.45, 7) is 4.17. The highest BCUT2D eigenvalue weighted by atomic mass is 35.5. The van der Waals surface area contributed by atoms with Crippen molar-refractivity contribution in [1.29, 1.82) is 0 Å². The van der Waals surface area contributed by atoms with Gasteiger partial charge in [-0.1, -0.05) is 18.5 Å². The van der Waals surface area contributed by atoms with Crippen LogP contribution in [0.4, 0.5) is 0 Å². The first-order valence-corrected chi connectivity index (χ1v) is 7.89. The van der Waals surface area contributed by atoms with Gasteiger partial charge in [-0.15, -0.1) is 0 Å². The number of ether oxygens (including phenoxy) is 1. The van der Waals surface area contributed by atoms with Crippen LogP contribution in [-0.2, 0) is 6.42 Å². The van der Waals surface area contributed by atoms with Gasteiger partial charge < -0.3 is 15.2 Å². The molecular formula is C16H22ClNO2. The molecule has 1 saturated carbocycles. The van der Waals surface area contributed by atoms with Gasteiger partial charge in [-0.25, -0.2) is 0 Å². The van der Waals surface area contributed by atoms with Crippen LogP contribution in [0.3, 0.4) is 0 Å². The fraction of sp³-hybridized carbons (Fsp3) is 0.625. The molecule has 0 unspecified atom stereocenters. The Morgan fingerprint density at radius 2 is 2.05 bits per heavy atom. The summed E-state index contributed by atoms with van der Waals surface area (Å²) in [5.41, 5.74) is 1.09. The smallest absolute Gasteiger partial charge is 0.125 e. The molecule has 0 amide bonds. The zero-order chi connectivity index (χ0) is 14.1. The van der Waals surface area contributed by atoms with Crippen LogP contribution in [0.25, 0.3) is 0 Å². The maximum absolute atomic E-state index is 10.3. The summed E-state index contributed by atoms with van der Waals surface area (Å²) in [4.78, 5) is 0. The van der Waals surface area contributed by atoms with Crippen LogP contribution >= 0.6 is 11.6 Å². The molecule has 20 heavy (non-hydrogen) atoms. The normalized spacial score (nSPS) is 33.0. The predicted molar refractivity (Wildman–Crippen MR) is 80.3 cm³/mol. The van der Waals surface area contributed by atoms with E-state index in [1.807, 2.05) is 18.2 Å². The Hall–Kier alpha value is -0.770. The second-order valence-corrected chi connectivity index (χ2v) is 6.39. The number of rotatable bonds is 3. The number of hydrogen-bond donors (Lipinski definition) is 2. The van der Waals surface area contributed by atoms with Gasteiger partial charge in [0.25, 0.3) is 0 Å². The van der Waals surface area contributed by atoms with E-state index in [1.165, 1.54) is 0 Å². The Morgan fingerprint density at radius 3 is 2.80 bits per heavy atom. The Balaban J connectivity index is 1.70. The maximum Gasteiger partial charge on any atom is 0.125 e. The molecular weight excluding hydrogens is 274 g/mol. The van der Waals surface area contributed by atoms with Gasteiger partial charge in [-0.05, 0) is 68.0 Å². The fourth-order valence-electron chi connectivity index (χ4n) is 3.45. The molecule has 1 heterocycles. The number of nitrogens with one attached hydrogen (secondary N) is 1. The SMILES string of the molecule is CCc1cc(O[C@@H]2C[C@@H]3CNC[C@@H]3C[C@H]2O)ccc1Cl. The van der Waals surface area contributed by atoms with Crippen molar-refractivity contribution in [1.82, 2.24) is 5.32 Å². The summed E-state index contributed by atoms with van der Waals surface area (Å²) < 4.78 is 6.04. The Labute approximate surface area is 125 Å². The number of benzene rings is 1. The van der Waals surface area contributed by atoms with Crippen LogP contribution in [0.15, 0.2) is 18.2 Å². The van der Waals surface area contributed by atoms with Crippen LogP contribution in [0.1, 0.15) is 25.3 Å². The van der Waals surface area contributed by atoms with Gasteiger partial charge in [0.15, 0.2) is 0 Å². The number of halogens is 1. The molecule has 0 aromatic heterocycles. The summed E-state index contributed by atoms with van der Waals surface area (Å²) in [5, 5.41) is 14.5. The zero-order valence-corrected chi connectivity index (χ0v) is 12.6. The minimum atomic E-state index is -0.364. The van der Waals surface area contributed by atoms with E-state index in [0.29, 0.717) is 11.8 Å². The lowest BCUT2D eigenvalue weighted by Gasteiger charge is -2.35. The number of hydrogen-bond acceptors (Lipinski definition) is 3. The molecule has 0 bridgehead atoms. The Morgan fingerprint density at radius 1 is 1.30 bits per heavy atom.